The fourth-order valence-corrected chi connectivity index (χ4v) is 1.39. The van der Waals surface area contributed by atoms with Gasteiger partial charge in [-0.25, -0.2) is 9.59 Å². The Morgan fingerprint density at radius 2 is 1.04 bits per heavy atom. The van der Waals surface area contributed by atoms with Gasteiger partial charge in [0.25, 0.3) is 0 Å². The second kappa shape index (κ2) is 8.71. The number of aromatic hydroxyl groups is 2. The summed E-state index contributed by atoms with van der Waals surface area (Å²) >= 11 is 0. The molecule has 23 heavy (non-hydrogen) atoms. The Morgan fingerprint density at radius 1 is 0.739 bits per heavy atom. The summed E-state index contributed by atoms with van der Waals surface area (Å²) in [6.07, 6.45) is 0. The second-order valence-electron chi connectivity index (χ2n) is 3.92. The molecule has 0 aliphatic heterocycles. The molecule has 0 unspecified atom stereocenters. The second-order valence-corrected chi connectivity index (χ2v) is 3.92. The van der Waals surface area contributed by atoms with Gasteiger partial charge in [-0.3, -0.25) is 0 Å². The van der Waals surface area contributed by atoms with Crippen molar-refractivity contribution in [2.45, 2.75) is 0 Å². The van der Waals surface area contributed by atoms with Crippen LogP contribution in [0.15, 0.2) is 36.4 Å². The van der Waals surface area contributed by atoms with Crippen molar-refractivity contribution in [3.63, 3.8) is 0 Å². The molecular weight excluding hydrogens is 320 g/mol. The number of phenolic OH excluding ortho intramolecular Hbond substituents is 2. The van der Waals surface area contributed by atoms with E-state index >= 15 is 0 Å². The third-order valence-electron chi connectivity index (χ3n) is 2.45. The summed E-state index contributed by atoms with van der Waals surface area (Å²) < 4.78 is 0. The first-order chi connectivity index (χ1) is 10.3. The van der Waals surface area contributed by atoms with Crippen LogP contribution in [0, 0.1) is 0 Å². The summed E-state index contributed by atoms with van der Waals surface area (Å²) in [6.45, 7) is 0. The fraction of sp³-hybridized carbons (Fsp3) is 0. The van der Waals surface area contributed by atoms with Gasteiger partial charge in [0.05, 0.1) is 11.1 Å². The van der Waals surface area contributed by atoms with Crippen LogP contribution in [0.25, 0.3) is 0 Å². The number of hydrogen-bond acceptors (Lipinski definition) is 6. The quantitative estimate of drug-likeness (QED) is 0.557. The van der Waals surface area contributed by atoms with E-state index < -0.39 is 46.1 Å². The first-order valence-electron chi connectivity index (χ1n) is 5.70. The molecule has 0 heterocycles. The maximum absolute atomic E-state index is 10.8. The molecule has 0 aliphatic carbocycles. The predicted octanol–water partition coefficient (Wildman–Crippen LogP) is -0.0528. The Bertz CT molecular complexity index is 652. The Balaban J connectivity index is 0.000000403. The molecular formula is C14H10MgO8. The van der Waals surface area contributed by atoms with Gasteiger partial charge in [0.1, 0.15) is 11.5 Å². The van der Waals surface area contributed by atoms with Gasteiger partial charge in [-0.15, -0.1) is 0 Å². The smallest absolute Gasteiger partial charge is 0.869 e. The van der Waals surface area contributed by atoms with E-state index in [4.69, 9.17) is 20.4 Å². The van der Waals surface area contributed by atoms with Crippen molar-refractivity contribution < 1.29 is 40.2 Å². The number of phenols is 2. The summed E-state index contributed by atoms with van der Waals surface area (Å²) in [5, 5.41) is 55.9. The maximum Gasteiger partial charge on any atom is 2.00 e. The van der Waals surface area contributed by atoms with Gasteiger partial charge in [0.2, 0.25) is 0 Å². The molecule has 0 radical (unpaired) electrons. The van der Waals surface area contributed by atoms with E-state index in [1.165, 1.54) is 12.1 Å². The maximum atomic E-state index is 10.8. The van der Waals surface area contributed by atoms with Crippen molar-refractivity contribution in [2.75, 3.05) is 0 Å². The Hall–Kier alpha value is -2.65. The van der Waals surface area contributed by atoms with Crippen LogP contribution in [0.2, 0.25) is 0 Å². The predicted molar refractivity (Wildman–Crippen MR) is 74.8 cm³/mol. The first-order valence-corrected chi connectivity index (χ1v) is 5.70. The number of carboxylic acid groups (broad SMARTS) is 2. The van der Waals surface area contributed by atoms with Crippen molar-refractivity contribution in [3.8, 4) is 23.0 Å². The van der Waals surface area contributed by atoms with Gasteiger partial charge in [-0.05, 0) is 24.3 Å². The molecule has 2 rings (SSSR count). The van der Waals surface area contributed by atoms with E-state index in [1.54, 1.807) is 0 Å². The molecule has 8 nitrogen and oxygen atoms in total. The Morgan fingerprint density at radius 3 is 1.26 bits per heavy atom. The molecule has 0 saturated carbocycles. The number of para-hydroxylation sites is 2. The van der Waals surface area contributed by atoms with Crippen LogP contribution >= 0.6 is 0 Å². The van der Waals surface area contributed by atoms with Crippen LogP contribution in [0.1, 0.15) is 20.7 Å². The van der Waals surface area contributed by atoms with Crippen LogP contribution in [-0.2, 0) is 0 Å². The number of rotatable bonds is 2. The van der Waals surface area contributed by atoms with Crippen molar-refractivity contribution in [3.05, 3.63) is 47.5 Å². The van der Waals surface area contributed by atoms with E-state index in [1.807, 2.05) is 0 Å². The van der Waals surface area contributed by atoms with Gasteiger partial charge >= 0.3 is 35.0 Å². The average molecular weight is 331 g/mol. The van der Waals surface area contributed by atoms with E-state index in [0.717, 1.165) is 24.3 Å². The van der Waals surface area contributed by atoms with Gasteiger partial charge in [-0.1, -0.05) is 23.6 Å². The number of hydrogen-bond donors (Lipinski definition) is 4. The van der Waals surface area contributed by atoms with E-state index in [2.05, 4.69) is 0 Å². The molecule has 0 fully saturated rings. The molecule has 2 aromatic carbocycles. The van der Waals surface area contributed by atoms with Gasteiger partial charge in [-0.2, -0.15) is 0 Å². The number of benzene rings is 2. The third-order valence-corrected chi connectivity index (χ3v) is 2.45. The molecule has 0 aliphatic rings. The zero-order valence-corrected chi connectivity index (χ0v) is 13.0. The Kier molecular flexibility index (Phi) is 7.70. The summed E-state index contributed by atoms with van der Waals surface area (Å²) in [4.78, 5) is 20.5. The van der Waals surface area contributed by atoms with Crippen molar-refractivity contribution >= 4 is 35.0 Å². The van der Waals surface area contributed by atoms with Crippen LogP contribution in [0.4, 0.5) is 0 Å². The Labute approximate surface area is 146 Å². The van der Waals surface area contributed by atoms with Crippen molar-refractivity contribution in [1.82, 2.24) is 0 Å². The number of aromatic carboxylic acids is 2. The van der Waals surface area contributed by atoms with Crippen LogP contribution in [-0.4, -0.2) is 55.4 Å². The third kappa shape index (κ3) is 5.23. The molecule has 0 atom stereocenters. The van der Waals surface area contributed by atoms with Gasteiger partial charge in [0.15, 0.2) is 0 Å². The van der Waals surface area contributed by atoms with Crippen LogP contribution in [0.5, 0.6) is 23.0 Å². The monoisotopic (exact) mass is 330 g/mol. The number of carboxylic acids is 2. The van der Waals surface area contributed by atoms with Crippen molar-refractivity contribution in [2.24, 2.45) is 0 Å². The first kappa shape index (κ1) is 20.3. The van der Waals surface area contributed by atoms with E-state index in [9.17, 15) is 19.8 Å². The molecule has 9 heteroatoms. The van der Waals surface area contributed by atoms with Crippen LogP contribution in [0.3, 0.4) is 0 Å². The fourth-order valence-electron chi connectivity index (χ4n) is 1.39. The normalized spacial score (nSPS) is 9.04. The minimum Gasteiger partial charge on any atom is -0.869 e. The minimum absolute atomic E-state index is 0. The minimum atomic E-state index is -1.33. The van der Waals surface area contributed by atoms with Gasteiger partial charge < -0.3 is 30.6 Å². The van der Waals surface area contributed by atoms with Crippen molar-refractivity contribution in [1.29, 1.82) is 0 Å². The molecule has 4 N–H and O–H groups in total. The molecule has 116 valence electrons. The SMILES string of the molecule is O=C(O)c1cccc(O)c1[O-].O=C(O)c1cccc(O)c1[O-].[Mg+2]. The molecule has 0 amide bonds. The summed E-state index contributed by atoms with van der Waals surface area (Å²) in [6, 6.07) is 7.19. The van der Waals surface area contributed by atoms with Gasteiger partial charge in [0, 0.05) is 0 Å². The van der Waals surface area contributed by atoms with E-state index in [0.29, 0.717) is 0 Å². The largest absolute Gasteiger partial charge is 2.00 e. The molecule has 0 aromatic heterocycles. The molecule has 0 spiro atoms. The average Bonchev–Trinajstić information content (AvgIpc) is 2.45. The summed E-state index contributed by atoms with van der Waals surface area (Å²) in [5.41, 5.74) is -0.824. The summed E-state index contributed by atoms with van der Waals surface area (Å²) in [5.74, 6) is -5.42. The topological polar surface area (TPSA) is 161 Å². The zero-order valence-electron chi connectivity index (χ0n) is 11.6. The summed E-state index contributed by atoms with van der Waals surface area (Å²) in [7, 11) is 0. The van der Waals surface area contributed by atoms with E-state index in [-0.39, 0.29) is 23.1 Å². The molecule has 0 bridgehead atoms. The number of carbonyl (C=O) groups is 2. The molecule has 0 saturated heterocycles. The standard InChI is InChI=1S/2C7H6O4.Mg/c2*8-5-3-1-2-4(6(5)9)7(10)11;/h2*1-3,8-9H,(H,10,11);/q;;+2/p-2. The molecule has 2 aromatic rings. The zero-order chi connectivity index (χ0) is 16.9. The van der Waals surface area contributed by atoms with Crippen LogP contribution < -0.4 is 10.2 Å².